The number of nitrogens with zero attached hydrogens (tertiary/aromatic N) is 1. The quantitative estimate of drug-likeness (QED) is 0.815. The van der Waals surface area contributed by atoms with Crippen molar-refractivity contribution >= 4 is 22.6 Å². The summed E-state index contributed by atoms with van der Waals surface area (Å²) in [6.45, 7) is 0. The van der Waals surface area contributed by atoms with Crippen molar-refractivity contribution in [2.24, 2.45) is 29.4 Å². The molecule has 23 heavy (non-hydrogen) atoms. The van der Waals surface area contributed by atoms with Gasteiger partial charge in [-0.2, -0.15) is 0 Å². The number of rotatable bonds is 3. The Labute approximate surface area is 135 Å². The Hall–Kier alpha value is -2.04. The summed E-state index contributed by atoms with van der Waals surface area (Å²) in [7, 11) is 0. The second-order valence-corrected chi connectivity index (χ2v) is 7.75. The summed E-state index contributed by atoms with van der Waals surface area (Å²) in [4.78, 5) is 19.3. The molecule has 5 heteroatoms. The number of nitrogens with two attached hydrogens (primary N) is 1. The van der Waals surface area contributed by atoms with Crippen LogP contribution in [0.4, 0.5) is 5.69 Å². The van der Waals surface area contributed by atoms with Crippen molar-refractivity contribution in [1.82, 2.24) is 9.97 Å². The maximum absolute atomic E-state index is 11.9. The minimum Gasteiger partial charge on any atom is -0.380 e. The minimum absolute atomic E-state index is 0.410. The standard InChI is InChI=1S/C18H22N4O/c19-17(23)14-8-21-18-13(1-2-20-18)16(14)22-15-11-4-9-3-10(6-11)7-12(15)5-9/h1-2,8-12,15H,3-7H2,(H2,19,23)(H2,20,21,22)/t9-,10?,11-,12?,15?/m0/s1. The lowest BCUT2D eigenvalue weighted by Gasteiger charge is -2.54. The number of anilines is 1. The smallest absolute Gasteiger partial charge is 0.252 e. The topological polar surface area (TPSA) is 83.8 Å². The highest BCUT2D eigenvalue weighted by molar-refractivity contribution is 6.06. The van der Waals surface area contributed by atoms with Crippen LogP contribution in [0.2, 0.25) is 0 Å². The van der Waals surface area contributed by atoms with Crippen molar-refractivity contribution in [2.75, 3.05) is 5.32 Å². The van der Waals surface area contributed by atoms with Crippen molar-refractivity contribution in [2.45, 2.75) is 38.1 Å². The van der Waals surface area contributed by atoms with Crippen LogP contribution >= 0.6 is 0 Å². The number of nitrogens with one attached hydrogen (secondary N) is 2. The fourth-order valence-corrected chi connectivity index (χ4v) is 5.68. The molecule has 2 aromatic rings. The number of hydrogen-bond acceptors (Lipinski definition) is 3. The van der Waals surface area contributed by atoms with E-state index in [-0.39, 0.29) is 0 Å². The molecule has 4 N–H and O–H groups in total. The van der Waals surface area contributed by atoms with Gasteiger partial charge in [-0.05, 0) is 61.8 Å². The Balaban J connectivity index is 1.55. The van der Waals surface area contributed by atoms with Crippen molar-refractivity contribution in [3.8, 4) is 0 Å². The van der Waals surface area contributed by atoms with E-state index in [4.69, 9.17) is 5.73 Å². The molecule has 0 aromatic carbocycles. The highest BCUT2D eigenvalue weighted by Gasteiger charge is 2.48. The van der Waals surface area contributed by atoms with Gasteiger partial charge in [0.05, 0.1) is 11.3 Å². The number of carbonyl (C=O) groups is 1. The Morgan fingerprint density at radius 3 is 2.52 bits per heavy atom. The highest BCUT2D eigenvalue weighted by Crippen LogP contribution is 2.54. The lowest BCUT2D eigenvalue weighted by molar-refractivity contribution is 0.00755. The molecule has 0 saturated heterocycles. The first-order valence-electron chi connectivity index (χ1n) is 8.71. The van der Waals surface area contributed by atoms with E-state index in [1.54, 1.807) is 6.20 Å². The third kappa shape index (κ3) is 1.98. The SMILES string of the molecule is NC(=O)c1cnc2[nH]ccc2c1NC1C2CC3C[C@H](C2)C[C@H]1C3. The molecular weight excluding hydrogens is 288 g/mol. The summed E-state index contributed by atoms with van der Waals surface area (Å²) >= 11 is 0. The van der Waals surface area contributed by atoms with E-state index in [0.29, 0.717) is 11.6 Å². The van der Waals surface area contributed by atoms with E-state index in [2.05, 4.69) is 15.3 Å². The number of aromatic nitrogens is 2. The molecule has 0 aliphatic heterocycles. The van der Waals surface area contributed by atoms with Gasteiger partial charge in [0.15, 0.2) is 0 Å². The number of carbonyl (C=O) groups excluding carboxylic acids is 1. The molecule has 120 valence electrons. The minimum atomic E-state index is -0.410. The van der Waals surface area contributed by atoms with E-state index in [9.17, 15) is 4.79 Å². The molecule has 2 heterocycles. The number of amides is 1. The summed E-state index contributed by atoms with van der Waals surface area (Å²) < 4.78 is 0. The molecule has 0 radical (unpaired) electrons. The molecule has 4 bridgehead atoms. The van der Waals surface area contributed by atoms with E-state index < -0.39 is 5.91 Å². The molecule has 0 unspecified atom stereocenters. The zero-order chi connectivity index (χ0) is 15.6. The normalized spacial score (nSPS) is 34.9. The summed E-state index contributed by atoms with van der Waals surface area (Å²) in [5.74, 6) is 2.96. The van der Waals surface area contributed by atoms with Crippen molar-refractivity contribution in [1.29, 1.82) is 0 Å². The molecule has 6 rings (SSSR count). The number of pyridine rings is 1. The van der Waals surface area contributed by atoms with Gasteiger partial charge in [0.1, 0.15) is 5.65 Å². The van der Waals surface area contributed by atoms with Gasteiger partial charge >= 0.3 is 0 Å². The first-order valence-corrected chi connectivity index (χ1v) is 8.71. The van der Waals surface area contributed by atoms with Crippen molar-refractivity contribution < 1.29 is 4.79 Å². The van der Waals surface area contributed by atoms with Crippen LogP contribution in [-0.2, 0) is 0 Å². The molecule has 4 aliphatic rings. The highest BCUT2D eigenvalue weighted by atomic mass is 16.1. The zero-order valence-electron chi connectivity index (χ0n) is 13.1. The third-order valence-corrected chi connectivity index (χ3v) is 6.39. The Morgan fingerprint density at radius 2 is 1.87 bits per heavy atom. The molecule has 5 nitrogen and oxygen atoms in total. The molecule has 0 spiro atoms. The van der Waals surface area contributed by atoms with Gasteiger partial charge in [-0.15, -0.1) is 0 Å². The third-order valence-electron chi connectivity index (χ3n) is 6.39. The maximum Gasteiger partial charge on any atom is 0.252 e. The van der Waals surface area contributed by atoms with Gasteiger partial charge in [0, 0.05) is 23.8 Å². The molecular formula is C18H22N4O. The monoisotopic (exact) mass is 310 g/mol. The van der Waals surface area contributed by atoms with Crippen molar-refractivity contribution in [3.05, 3.63) is 24.0 Å². The number of fused-ring (bicyclic) bond motifs is 1. The van der Waals surface area contributed by atoms with Gasteiger partial charge in [0.25, 0.3) is 5.91 Å². The lowest BCUT2D eigenvalue weighted by atomic mass is 9.54. The summed E-state index contributed by atoms with van der Waals surface area (Å²) in [6.07, 6.45) is 10.3. The Kier molecular flexibility index (Phi) is 2.75. The van der Waals surface area contributed by atoms with Crippen molar-refractivity contribution in [3.63, 3.8) is 0 Å². The Morgan fingerprint density at radius 1 is 1.17 bits per heavy atom. The molecule has 2 aromatic heterocycles. The average molecular weight is 310 g/mol. The maximum atomic E-state index is 11.9. The summed E-state index contributed by atoms with van der Waals surface area (Å²) in [6, 6.07) is 2.45. The zero-order valence-corrected chi connectivity index (χ0v) is 13.1. The summed E-state index contributed by atoms with van der Waals surface area (Å²) in [5.41, 5.74) is 7.78. The number of aromatic amines is 1. The van der Waals surface area contributed by atoms with Gasteiger partial charge in [-0.1, -0.05) is 0 Å². The van der Waals surface area contributed by atoms with Crippen LogP contribution < -0.4 is 11.1 Å². The lowest BCUT2D eigenvalue weighted by Crippen LogP contribution is -2.51. The van der Waals surface area contributed by atoms with Gasteiger partial charge in [-0.25, -0.2) is 4.98 Å². The molecule has 4 aliphatic carbocycles. The van der Waals surface area contributed by atoms with Crippen LogP contribution in [0.1, 0.15) is 42.5 Å². The fourth-order valence-electron chi connectivity index (χ4n) is 5.68. The molecule has 1 amide bonds. The second kappa shape index (κ2) is 4.73. The van der Waals surface area contributed by atoms with Crippen LogP contribution in [-0.4, -0.2) is 21.9 Å². The van der Waals surface area contributed by atoms with Gasteiger partial charge in [-0.3, -0.25) is 4.79 Å². The molecule has 4 fully saturated rings. The Bertz CT molecular complexity index is 752. The predicted molar refractivity (Wildman–Crippen MR) is 89.1 cm³/mol. The van der Waals surface area contributed by atoms with E-state index >= 15 is 0 Å². The molecule has 4 saturated carbocycles. The summed E-state index contributed by atoms with van der Waals surface area (Å²) in [5, 5.41) is 4.71. The van der Waals surface area contributed by atoms with Crippen LogP contribution in [0.3, 0.4) is 0 Å². The predicted octanol–water partition coefficient (Wildman–Crippen LogP) is 2.90. The average Bonchev–Trinajstić information content (AvgIpc) is 2.98. The van der Waals surface area contributed by atoms with Gasteiger partial charge in [0.2, 0.25) is 0 Å². The largest absolute Gasteiger partial charge is 0.380 e. The second-order valence-electron chi connectivity index (χ2n) is 7.75. The van der Waals surface area contributed by atoms with Crippen LogP contribution in [0.25, 0.3) is 11.0 Å². The van der Waals surface area contributed by atoms with E-state index in [1.807, 2.05) is 12.3 Å². The molecule has 0 atom stereocenters. The number of hydrogen-bond donors (Lipinski definition) is 3. The van der Waals surface area contributed by atoms with E-state index in [0.717, 1.165) is 40.4 Å². The first-order chi connectivity index (χ1) is 11.2. The number of primary amides is 1. The van der Waals surface area contributed by atoms with Gasteiger partial charge < -0.3 is 16.0 Å². The van der Waals surface area contributed by atoms with Crippen LogP contribution in [0.15, 0.2) is 18.5 Å². The van der Waals surface area contributed by atoms with Crippen LogP contribution in [0.5, 0.6) is 0 Å². The van der Waals surface area contributed by atoms with E-state index in [1.165, 1.54) is 32.1 Å². The number of H-pyrrole nitrogens is 1. The fraction of sp³-hybridized carbons (Fsp3) is 0.556. The first kappa shape index (κ1) is 13.4. The van der Waals surface area contributed by atoms with Crippen LogP contribution in [0, 0.1) is 23.7 Å².